The lowest BCUT2D eigenvalue weighted by atomic mass is 9.85. The van der Waals surface area contributed by atoms with Gasteiger partial charge in [0, 0.05) is 18.7 Å². The van der Waals surface area contributed by atoms with Crippen molar-refractivity contribution in [2.45, 2.75) is 33.1 Å². The molecular weight excluding hydrogens is 234 g/mol. The third-order valence-corrected chi connectivity index (χ3v) is 3.30. The van der Waals surface area contributed by atoms with E-state index in [4.69, 9.17) is 0 Å². The van der Waals surface area contributed by atoms with Crippen LogP contribution in [0.1, 0.15) is 31.9 Å². The number of aromatic nitrogens is 2. The van der Waals surface area contributed by atoms with Gasteiger partial charge in [-0.1, -0.05) is 32.9 Å². The van der Waals surface area contributed by atoms with Gasteiger partial charge in [-0.05, 0) is 29.5 Å². The van der Waals surface area contributed by atoms with Gasteiger partial charge in [-0.25, -0.2) is 9.97 Å². The lowest BCUT2D eigenvalue weighted by molar-refractivity contribution is 0.590. The highest BCUT2D eigenvalue weighted by atomic mass is 15.0. The molecule has 0 aliphatic carbocycles. The van der Waals surface area contributed by atoms with Gasteiger partial charge in [0.05, 0.1) is 5.69 Å². The molecule has 1 N–H and O–H groups in total. The molecular formula is C16H21N3. The Labute approximate surface area is 115 Å². The molecule has 3 nitrogen and oxygen atoms in total. The number of hydrogen-bond donors (Lipinski definition) is 1. The summed E-state index contributed by atoms with van der Waals surface area (Å²) < 4.78 is 0. The highest BCUT2D eigenvalue weighted by molar-refractivity contribution is 5.67. The van der Waals surface area contributed by atoms with Gasteiger partial charge in [0.1, 0.15) is 12.1 Å². The zero-order valence-corrected chi connectivity index (χ0v) is 12.3. The predicted molar refractivity (Wildman–Crippen MR) is 80.5 cm³/mol. The Kier molecular flexibility index (Phi) is 3.56. The molecule has 1 aromatic carbocycles. The average Bonchev–Trinajstić information content (AvgIpc) is 2.38. The number of nitrogens with zero attached hydrogens (tertiary/aromatic N) is 2. The standard InChI is InChI=1S/C16H21N3/c1-11-6-7-12(16(2,3)4)8-13(11)14-9-15(17-5)19-10-18-14/h6-10H,1-5H3,(H,17,18,19). The van der Waals surface area contributed by atoms with E-state index in [9.17, 15) is 0 Å². The smallest absolute Gasteiger partial charge is 0.129 e. The Bertz CT molecular complexity index is 583. The lowest BCUT2D eigenvalue weighted by Gasteiger charge is -2.20. The largest absolute Gasteiger partial charge is 0.373 e. The number of nitrogens with one attached hydrogen (secondary N) is 1. The summed E-state index contributed by atoms with van der Waals surface area (Å²) in [7, 11) is 1.87. The summed E-state index contributed by atoms with van der Waals surface area (Å²) in [5.74, 6) is 0.838. The molecule has 0 aliphatic heterocycles. The zero-order chi connectivity index (χ0) is 14.0. The van der Waals surface area contributed by atoms with Crippen molar-refractivity contribution >= 4 is 5.82 Å². The second kappa shape index (κ2) is 5.00. The zero-order valence-electron chi connectivity index (χ0n) is 12.3. The van der Waals surface area contributed by atoms with E-state index in [-0.39, 0.29) is 5.41 Å². The maximum absolute atomic E-state index is 4.39. The van der Waals surface area contributed by atoms with E-state index < -0.39 is 0 Å². The van der Waals surface area contributed by atoms with Crippen molar-refractivity contribution in [3.8, 4) is 11.3 Å². The first-order valence-corrected chi connectivity index (χ1v) is 6.53. The fourth-order valence-corrected chi connectivity index (χ4v) is 2.01. The fourth-order valence-electron chi connectivity index (χ4n) is 2.01. The molecule has 0 unspecified atom stereocenters. The molecule has 3 heteroatoms. The lowest BCUT2D eigenvalue weighted by Crippen LogP contribution is -2.11. The first-order chi connectivity index (χ1) is 8.91. The fraction of sp³-hybridized carbons (Fsp3) is 0.375. The summed E-state index contributed by atoms with van der Waals surface area (Å²) in [6, 6.07) is 8.57. The van der Waals surface area contributed by atoms with Crippen LogP contribution in [0.25, 0.3) is 11.3 Å². The highest BCUT2D eigenvalue weighted by Gasteiger charge is 2.15. The molecule has 0 radical (unpaired) electrons. The molecule has 0 bridgehead atoms. The first kappa shape index (κ1) is 13.5. The number of anilines is 1. The van der Waals surface area contributed by atoms with Crippen LogP contribution in [-0.2, 0) is 5.41 Å². The van der Waals surface area contributed by atoms with Gasteiger partial charge < -0.3 is 5.32 Å². The monoisotopic (exact) mass is 255 g/mol. The molecule has 0 atom stereocenters. The third-order valence-electron chi connectivity index (χ3n) is 3.30. The minimum absolute atomic E-state index is 0.140. The third kappa shape index (κ3) is 2.92. The van der Waals surface area contributed by atoms with Crippen molar-refractivity contribution in [3.63, 3.8) is 0 Å². The summed E-state index contributed by atoms with van der Waals surface area (Å²) in [5.41, 5.74) is 4.82. The van der Waals surface area contributed by atoms with E-state index in [0.29, 0.717) is 0 Å². The van der Waals surface area contributed by atoms with Crippen LogP contribution in [0.2, 0.25) is 0 Å². The minimum Gasteiger partial charge on any atom is -0.373 e. The Morgan fingerprint density at radius 1 is 1.05 bits per heavy atom. The van der Waals surface area contributed by atoms with E-state index in [1.54, 1.807) is 6.33 Å². The van der Waals surface area contributed by atoms with Crippen LogP contribution < -0.4 is 5.32 Å². The molecule has 2 aromatic rings. The van der Waals surface area contributed by atoms with Crippen LogP contribution in [0, 0.1) is 6.92 Å². The molecule has 1 heterocycles. The Hall–Kier alpha value is -1.90. The van der Waals surface area contributed by atoms with Gasteiger partial charge in [-0.3, -0.25) is 0 Å². The Morgan fingerprint density at radius 2 is 1.79 bits per heavy atom. The van der Waals surface area contributed by atoms with Crippen LogP contribution in [-0.4, -0.2) is 17.0 Å². The quantitative estimate of drug-likeness (QED) is 0.887. The topological polar surface area (TPSA) is 37.8 Å². The molecule has 0 amide bonds. The van der Waals surface area contributed by atoms with Crippen molar-refractivity contribution in [2.75, 3.05) is 12.4 Å². The van der Waals surface area contributed by atoms with Crippen LogP contribution in [0.4, 0.5) is 5.82 Å². The van der Waals surface area contributed by atoms with Gasteiger partial charge in [0.25, 0.3) is 0 Å². The van der Waals surface area contributed by atoms with Crippen molar-refractivity contribution in [1.29, 1.82) is 0 Å². The summed E-state index contributed by atoms with van der Waals surface area (Å²) >= 11 is 0. The summed E-state index contributed by atoms with van der Waals surface area (Å²) in [6.45, 7) is 8.78. The molecule has 0 saturated carbocycles. The second-order valence-corrected chi connectivity index (χ2v) is 5.82. The van der Waals surface area contributed by atoms with E-state index in [0.717, 1.165) is 11.5 Å². The molecule has 100 valence electrons. The predicted octanol–water partition coefficient (Wildman–Crippen LogP) is 3.79. The molecule has 0 saturated heterocycles. The van der Waals surface area contributed by atoms with Crippen molar-refractivity contribution < 1.29 is 0 Å². The highest BCUT2D eigenvalue weighted by Crippen LogP contribution is 2.29. The van der Waals surface area contributed by atoms with Crippen molar-refractivity contribution in [2.24, 2.45) is 0 Å². The van der Waals surface area contributed by atoms with E-state index in [1.165, 1.54) is 16.7 Å². The average molecular weight is 255 g/mol. The van der Waals surface area contributed by atoms with Gasteiger partial charge in [0.15, 0.2) is 0 Å². The van der Waals surface area contributed by atoms with E-state index in [2.05, 4.69) is 61.2 Å². The van der Waals surface area contributed by atoms with Gasteiger partial charge in [0.2, 0.25) is 0 Å². The summed E-state index contributed by atoms with van der Waals surface area (Å²) in [6.07, 6.45) is 1.60. The molecule has 1 aromatic heterocycles. The van der Waals surface area contributed by atoms with E-state index in [1.807, 2.05) is 13.1 Å². The van der Waals surface area contributed by atoms with Crippen LogP contribution >= 0.6 is 0 Å². The Morgan fingerprint density at radius 3 is 2.42 bits per heavy atom. The normalized spacial score (nSPS) is 11.4. The maximum Gasteiger partial charge on any atom is 0.129 e. The molecule has 2 rings (SSSR count). The van der Waals surface area contributed by atoms with E-state index >= 15 is 0 Å². The SMILES string of the molecule is CNc1cc(-c2cc(C(C)(C)C)ccc2C)ncn1. The minimum atomic E-state index is 0.140. The van der Waals surface area contributed by atoms with Crippen molar-refractivity contribution in [3.05, 3.63) is 41.7 Å². The first-order valence-electron chi connectivity index (χ1n) is 6.53. The number of benzene rings is 1. The molecule has 19 heavy (non-hydrogen) atoms. The van der Waals surface area contributed by atoms with Crippen LogP contribution in [0.3, 0.4) is 0 Å². The van der Waals surface area contributed by atoms with Gasteiger partial charge in [-0.2, -0.15) is 0 Å². The summed E-state index contributed by atoms with van der Waals surface area (Å²) in [4.78, 5) is 8.55. The second-order valence-electron chi connectivity index (χ2n) is 5.82. The number of aryl methyl sites for hydroxylation is 1. The van der Waals surface area contributed by atoms with Gasteiger partial charge in [-0.15, -0.1) is 0 Å². The van der Waals surface area contributed by atoms with Gasteiger partial charge >= 0.3 is 0 Å². The molecule has 0 fully saturated rings. The number of rotatable bonds is 2. The molecule has 0 spiro atoms. The Balaban J connectivity index is 2.54. The molecule has 0 aliphatic rings. The van der Waals surface area contributed by atoms with Crippen molar-refractivity contribution in [1.82, 2.24) is 9.97 Å². The maximum atomic E-state index is 4.39. The summed E-state index contributed by atoms with van der Waals surface area (Å²) in [5, 5.41) is 3.05. The van der Waals surface area contributed by atoms with Crippen LogP contribution in [0.5, 0.6) is 0 Å². The number of hydrogen-bond acceptors (Lipinski definition) is 3. The van der Waals surface area contributed by atoms with Crippen LogP contribution in [0.15, 0.2) is 30.6 Å².